The summed E-state index contributed by atoms with van der Waals surface area (Å²) in [4.78, 5) is 12.5. The Morgan fingerprint density at radius 3 is 2.20 bits per heavy atom. The molecule has 0 bridgehead atoms. The summed E-state index contributed by atoms with van der Waals surface area (Å²) < 4.78 is 27.2. The van der Waals surface area contributed by atoms with Crippen molar-refractivity contribution in [1.29, 1.82) is 0 Å². The van der Waals surface area contributed by atoms with Crippen LogP contribution in [0.5, 0.6) is 0 Å². The average Bonchev–Trinajstić information content (AvgIpc) is 2.76. The number of rotatable bonds is 5. The van der Waals surface area contributed by atoms with Crippen LogP contribution in [0.3, 0.4) is 0 Å². The quantitative estimate of drug-likeness (QED) is 0.720. The number of methoxy groups -OCH3 is 4. The SMILES string of the molecule is COC[C@]12O[C@](C)(O)C(=O)[C@H]1[C@H](OC)[C@@H](OC)[C@@H]2OC. The Morgan fingerprint density at radius 1 is 1.15 bits per heavy atom. The highest BCUT2D eigenvalue weighted by Crippen LogP contribution is 2.51. The summed E-state index contributed by atoms with van der Waals surface area (Å²) in [5.41, 5.74) is -1.12. The topological polar surface area (TPSA) is 83.5 Å². The second kappa shape index (κ2) is 5.32. The fourth-order valence-electron chi connectivity index (χ4n) is 3.59. The molecular weight excluding hydrogens is 268 g/mol. The number of hydrogen-bond donors (Lipinski definition) is 1. The van der Waals surface area contributed by atoms with E-state index in [0.29, 0.717) is 0 Å². The minimum atomic E-state index is -1.88. The third-order valence-corrected chi connectivity index (χ3v) is 4.26. The van der Waals surface area contributed by atoms with Crippen molar-refractivity contribution in [3.05, 3.63) is 0 Å². The highest BCUT2D eigenvalue weighted by Gasteiger charge is 2.73. The molecule has 1 aliphatic heterocycles. The molecular formula is C13H22O7. The summed E-state index contributed by atoms with van der Waals surface area (Å²) in [7, 11) is 6.02. The Labute approximate surface area is 118 Å². The van der Waals surface area contributed by atoms with Crippen LogP contribution in [0.15, 0.2) is 0 Å². The van der Waals surface area contributed by atoms with Crippen LogP contribution in [0.25, 0.3) is 0 Å². The van der Waals surface area contributed by atoms with Gasteiger partial charge in [-0.2, -0.15) is 0 Å². The van der Waals surface area contributed by atoms with E-state index < -0.39 is 41.4 Å². The van der Waals surface area contributed by atoms with Gasteiger partial charge in [0.1, 0.15) is 17.8 Å². The predicted octanol–water partition coefficient (Wildman–Crippen LogP) is -0.646. The zero-order valence-corrected chi connectivity index (χ0v) is 12.4. The molecule has 7 nitrogen and oxygen atoms in total. The molecule has 1 saturated heterocycles. The highest BCUT2D eigenvalue weighted by molar-refractivity contribution is 5.92. The molecule has 6 atom stereocenters. The van der Waals surface area contributed by atoms with Crippen LogP contribution in [0.2, 0.25) is 0 Å². The van der Waals surface area contributed by atoms with Gasteiger partial charge in [-0.05, 0) is 6.92 Å². The summed E-state index contributed by atoms with van der Waals surface area (Å²) >= 11 is 0. The molecule has 0 aromatic carbocycles. The lowest BCUT2D eigenvalue weighted by Gasteiger charge is -2.34. The number of carbonyl (C=O) groups is 1. The Hall–Kier alpha value is -0.570. The maximum atomic E-state index is 12.5. The molecule has 116 valence electrons. The van der Waals surface area contributed by atoms with Crippen LogP contribution in [-0.2, 0) is 28.5 Å². The van der Waals surface area contributed by atoms with E-state index in [2.05, 4.69) is 0 Å². The van der Waals surface area contributed by atoms with Gasteiger partial charge >= 0.3 is 0 Å². The first-order valence-corrected chi connectivity index (χ1v) is 6.43. The third-order valence-electron chi connectivity index (χ3n) is 4.26. The molecule has 0 amide bonds. The number of carbonyl (C=O) groups excluding carboxylic acids is 1. The first kappa shape index (κ1) is 15.8. The lowest BCUT2D eigenvalue weighted by Crippen LogP contribution is -2.51. The van der Waals surface area contributed by atoms with E-state index in [-0.39, 0.29) is 6.61 Å². The van der Waals surface area contributed by atoms with Crippen molar-refractivity contribution in [1.82, 2.24) is 0 Å². The molecule has 1 aliphatic carbocycles. The van der Waals surface area contributed by atoms with E-state index >= 15 is 0 Å². The predicted molar refractivity (Wildman–Crippen MR) is 67.2 cm³/mol. The van der Waals surface area contributed by atoms with Crippen molar-refractivity contribution in [3.63, 3.8) is 0 Å². The Bertz CT molecular complexity index is 383. The van der Waals surface area contributed by atoms with E-state index in [1.165, 1.54) is 35.4 Å². The van der Waals surface area contributed by atoms with E-state index in [4.69, 9.17) is 23.7 Å². The number of Topliss-reactive ketones (excluding diaryl/α,β-unsaturated/α-hetero) is 1. The van der Waals surface area contributed by atoms with Crippen molar-refractivity contribution >= 4 is 5.78 Å². The fourth-order valence-corrected chi connectivity index (χ4v) is 3.59. The smallest absolute Gasteiger partial charge is 0.224 e. The summed E-state index contributed by atoms with van der Waals surface area (Å²) in [5, 5.41) is 10.2. The number of hydrogen-bond acceptors (Lipinski definition) is 7. The normalized spacial score (nSPS) is 47.8. The van der Waals surface area contributed by atoms with Crippen molar-refractivity contribution in [2.24, 2.45) is 5.92 Å². The number of ketones is 1. The first-order valence-electron chi connectivity index (χ1n) is 6.43. The van der Waals surface area contributed by atoms with Crippen LogP contribution in [0, 0.1) is 5.92 Å². The van der Waals surface area contributed by atoms with Gasteiger partial charge in [0, 0.05) is 28.4 Å². The summed E-state index contributed by atoms with van der Waals surface area (Å²) in [5.74, 6) is -3.03. The maximum absolute atomic E-state index is 12.5. The van der Waals surface area contributed by atoms with Gasteiger partial charge in [0.25, 0.3) is 0 Å². The molecule has 0 aromatic heterocycles. The molecule has 0 spiro atoms. The second-order valence-corrected chi connectivity index (χ2v) is 5.37. The van der Waals surface area contributed by atoms with Gasteiger partial charge in [-0.3, -0.25) is 4.79 Å². The molecule has 7 heteroatoms. The minimum absolute atomic E-state index is 0.0950. The Kier molecular flexibility index (Phi) is 4.21. The van der Waals surface area contributed by atoms with Gasteiger partial charge in [-0.1, -0.05) is 0 Å². The van der Waals surface area contributed by atoms with Crippen molar-refractivity contribution in [2.75, 3.05) is 35.0 Å². The molecule has 1 heterocycles. The van der Waals surface area contributed by atoms with Gasteiger partial charge in [0.05, 0.1) is 18.6 Å². The molecule has 0 unspecified atom stereocenters. The van der Waals surface area contributed by atoms with E-state index in [1.807, 2.05) is 0 Å². The molecule has 0 radical (unpaired) electrons. The number of ether oxygens (including phenoxy) is 5. The van der Waals surface area contributed by atoms with Crippen molar-refractivity contribution < 1.29 is 33.6 Å². The van der Waals surface area contributed by atoms with Crippen LogP contribution >= 0.6 is 0 Å². The standard InChI is InChI=1S/C13H22O7/c1-12(15)10(14)7-8(17-3)9(18-4)11(19-5)13(7,20-12)6-16-2/h7-9,11,15H,6H2,1-5H3/t7-,8+,9-,11+,12+,13+/m1/s1. The maximum Gasteiger partial charge on any atom is 0.224 e. The lowest BCUT2D eigenvalue weighted by molar-refractivity contribution is -0.251. The summed E-state index contributed by atoms with van der Waals surface area (Å²) in [6, 6.07) is 0. The Balaban J connectivity index is 2.51. The second-order valence-electron chi connectivity index (χ2n) is 5.37. The van der Waals surface area contributed by atoms with E-state index in [1.54, 1.807) is 0 Å². The van der Waals surface area contributed by atoms with Crippen LogP contribution in [-0.4, -0.2) is 75.6 Å². The highest BCUT2D eigenvalue weighted by atomic mass is 16.7. The van der Waals surface area contributed by atoms with Gasteiger partial charge in [0.15, 0.2) is 5.78 Å². The van der Waals surface area contributed by atoms with Gasteiger partial charge in [-0.25, -0.2) is 0 Å². The van der Waals surface area contributed by atoms with Gasteiger partial charge in [-0.15, -0.1) is 0 Å². The third kappa shape index (κ3) is 1.93. The molecule has 20 heavy (non-hydrogen) atoms. The Morgan fingerprint density at radius 2 is 1.75 bits per heavy atom. The molecule has 2 rings (SSSR count). The first-order chi connectivity index (χ1) is 9.39. The van der Waals surface area contributed by atoms with Crippen molar-refractivity contribution in [2.45, 2.75) is 36.6 Å². The molecule has 1 saturated carbocycles. The van der Waals surface area contributed by atoms with Crippen LogP contribution in [0.4, 0.5) is 0 Å². The summed E-state index contributed by atoms with van der Waals surface area (Å²) in [6.07, 6.45) is -1.63. The molecule has 2 aliphatic rings. The van der Waals surface area contributed by atoms with Crippen molar-refractivity contribution in [3.8, 4) is 0 Å². The molecule has 1 N–H and O–H groups in total. The summed E-state index contributed by atoms with van der Waals surface area (Å²) in [6.45, 7) is 1.42. The van der Waals surface area contributed by atoms with E-state index in [0.717, 1.165) is 0 Å². The molecule has 2 fully saturated rings. The largest absolute Gasteiger partial charge is 0.382 e. The molecule has 0 aromatic rings. The monoisotopic (exact) mass is 290 g/mol. The number of fused-ring (bicyclic) bond motifs is 1. The zero-order chi connectivity index (χ0) is 15.1. The van der Waals surface area contributed by atoms with Crippen LogP contribution < -0.4 is 0 Å². The van der Waals surface area contributed by atoms with Gasteiger partial charge in [0.2, 0.25) is 5.79 Å². The zero-order valence-electron chi connectivity index (χ0n) is 12.4. The van der Waals surface area contributed by atoms with Crippen LogP contribution in [0.1, 0.15) is 6.92 Å². The van der Waals surface area contributed by atoms with Gasteiger partial charge < -0.3 is 28.8 Å². The fraction of sp³-hybridized carbons (Fsp3) is 0.923. The van der Waals surface area contributed by atoms with E-state index in [9.17, 15) is 9.90 Å². The minimum Gasteiger partial charge on any atom is -0.382 e. The number of aliphatic hydroxyl groups is 1. The average molecular weight is 290 g/mol. The lowest BCUT2D eigenvalue weighted by atomic mass is 9.87.